The lowest BCUT2D eigenvalue weighted by atomic mass is 9.85. The van der Waals surface area contributed by atoms with Crippen LogP contribution in [0.2, 0.25) is 0 Å². The van der Waals surface area contributed by atoms with E-state index in [1.807, 2.05) is 6.92 Å². The van der Waals surface area contributed by atoms with E-state index in [1.165, 1.54) is 11.1 Å². The first-order valence-electron chi connectivity index (χ1n) is 6.61. The standard InChI is InChI=1S/C15H22O2/c1-10-5-4-6-11(2)9-14-13(8-7-10)12(3)15(16)17-14/h5,9,12-14H,4,6-8H2,1-3H3/b10-5+,11-9+/t12-,13+,14-/m1/s1. The Kier molecular flexibility index (Phi) is 3.70. The van der Waals surface area contributed by atoms with E-state index < -0.39 is 0 Å². The third kappa shape index (κ3) is 2.80. The largest absolute Gasteiger partial charge is 0.458 e. The molecule has 0 aromatic heterocycles. The van der Waals surface area contributed by atoms with Gasteiger partial charge >= 0.3 is 5.97 Å². The zero-order chi connectivity index (χ0) is 12.4. The molecule has 0 radical (unpaired) electrons. The summed E-state index contributed by atoms with van der Waals surface area (Å²) in [5, 5.41) is 0. The molecule has 1 aliphatic carbocycles. The van der Waals surface area contributed by atoms with E-state index >= 15 is 0 Å². The van der Waals surface area contributed by atoms with Gasteiger partial charge in [-0.2, -0.15) is 0 Å². The molecule has 2 aliphatic rings. The maximum absolute atomic E-state index is 11.7. The number of hydrogen-bond acceptors (Lipinski definition) is 2. The summed E-state index contributed by atoms with van der Waals surface area (Å²) >= 11 is 0. The summed E-state index contributed by atoms with van der Waals surface area (Å²) in [7, 11) is 0. The van der Waals surface area contributed by atoms with E-state index in [0.29, 0.717) is 5.92 Å². The van der Waals surface area contributed by atoms with Gasteiger partial charge in [0, 0.05) is 5.92 Å². The molecule has 2 heteroatoms. The van der Waals surface area contributed by atoms with E-state index in [-0.39, 0.29) is 18.0 Å². The van der Waals surface area contributed by atoms with Crippen molar-refractivity contribution in [2.75, 3.05) is 0 Å². The van der Waals surface area contributed by atoms with Crippen LogP contribution in [-0.4, -0.2) is 12.1 Å². The van der Waals surface area contributed by atoms with Crippen molar-refractivity contribution in [2.24, 2.45) is 11.8 Å². The summed E-state index contributed by atoms with van der Waals surface area (Å²) in [6.45, 7) is 6.33. The summed E-state index contributed by atoms with van der Waals surface area (Å²) in [5.74, 6) is 0.389. The van der Waals surface area contributed by atoms with Crippen LogP contribution in [0.3, 0.4) is 0 Å². The molecule has 0 aromatic carbocycles. The van der Waals surface area contributed by atoms with Gasteiger partial charge in [-0.25, -0.2) is 0 Å². The fourth-order valence-electron chi connectivity index (χ4n) is 2.77. The molecule has 0 amide bonds. The van der Waals surface area contributed by atoms with E-state index in [0.717, 1.165) is 25.7 Å². The minimum atomic E-state index is -0.0232. The molecule has 0 saturated carbocycles. The lowest BCUT2D eigenvalue weighted by Crippen LogP contribution is -2.18. The highest BCUT2D eigenvalue weighted by Gasteiger charge is 2.40. The van der Waals surface area contributed by atoms with Crippen molar-refractivity contribution in [1.29, 1.82) is 0 Å². The van der Waals surface area contributed by atoms with Gasteiger partial charge in [-0.15, -0.1) is 0 Å². The van der Waals surface area contributed by atoms with Crippen LogP contribution in [0.5, 0.6) is 0 Å². The van der Waals surface area contributed by atoms with Crippen molar-refractivity contribution in [1.82, 2.24) is 0 Å². The highest BCUT2D eigenvalue weighted by Crippen LogP contribution is 2.35. The summed E-state index contributed by atoms with van der Waals surface area (Å²) in [6, 6.07) is 0. The Hall–Kier alpha value is -1.05. The number of rotatable bonds is 0. The molecule has 2 nitrogen and oxygen atoms in total. The molecule has 1 heterocycles. The molecule has 0 aromatic rings. The molecule has 1 saturated heterocycles. The quantitative estimate of drug-likeness (QED) is 0.472. The van der Waals surface area contributed by atoms with Crippen LogP contribution < -0.4 is 0 Å². The summed E-state index contributed by atoms with van der Waals surface area (Å²) in [5.41, 5.74) is 2.79. The third-order valence-electron chi connectivity index (χ3n) is 4.04. The topological polar surface area (TPSA) is 26.3 Å². The lowest BCUT2D eigenvalue weighted by molar-refractivity contribution is -0.142. The van der Waals surface area contributed by atoms with Gasteiger partial charge in [0.25, 0.3) is 0 Å². The SMILES string of the molecule is C/C1=C\[C@H]2OC(=O)[C@H](C)[C@@H]2CC/C(C)=C/CC1. The Balaban J connectivity index is 2.21. The first-order chi connectivity index (χ1) is 8.08. The second-order valence-electron chi connectivity index (χ2n) is 5.49. The Morgan fingerprint density at radius 3 is 2.76 bits per heavy atom. The number of carbonyl (C=O) groups excluding carboxylic acids is 1. The van der Waals surface area contributed by atoms with Crippen molar-refractivity contribution in [3.63, 3.8) is 0 Å². The van der Waals surface area contributed by atoms with E-state index in [2.05, 4.69) is 26.0 Å². The Labute approximate surface area is 104 Å². The molecule has 2 rings (SSSR count). The van der Waals surface area contributed by atoms with Crippen LogP contribution in [-0.2, 0) is 9.53 Å². The fraction of sp³-hybridized carbons (Fsp3) is 0.667. The number of allylic oxidation sites excluding steroid dienone is 3. The Morgan fingerprint density at radius 1 is 1.24 bits per heavy atom. The number of ether oxygens (including phenoxy) is 1. The van der Waals surface area contributed by atoms with E-state index in [9.17, 15) is 4.79 Å². The molecule has 0 N–H and O–H groups in total. The lowest BCUT2D eigenvalue weighted by Gasteiger charge is -2.19. The van der Waals surface area contributed by atoms with Crippen LogP contribution in [0.4, 0.5) is 0 Å². The van der Waals surface area contributed by atoms with Crippen molar-refractivity contribution in [3.8, 4) is 0 Å². The maximum Gasteiger partial charge on any atom is 0.309 e. The zero-order valence-corrected chi connectivity index (χ0v) is 11.0. The highest BCUT2D eigenvalue weighted by molar-refractivity contribution is 5.75. The van der Waals surface area contributed by atoms with Crippen molar-refractivity contribution in [3.05, 3.63) is 23.3 Å². The van der Waals surface area contributed by atoms with Crippen LogP contribution in [0.25, 0.3) is 0 Å². The monoisotopic (exact) mass is 234 g/mol. The maximum atomic E-state index is 11.7. The first-order valence-corrected chi connectivity index (χ1v) is 6.61. The summed E-state index contributed by atoms with van der Waals surface area (Å²) < 4.78 is 5.48. The minimum absolute atomic E-state index is 0.0170. The average molecular weight is 234 g/mol. The average Bonchev–Trinajstić information content (AvgIpc) is 2.52. The summed E-state index contributed by atoms with van der Waals surface area (Å²) in [6.07, 6.45) is 8.85. The molecule has 0 bridgehead atoms. The van der Waals surface area contributed by atoms with E-state index in [1.54, 1.807) is 0 Å². The van der Waals surface area contributed by atoms with Crippen molar-refractivity contribution >= 4 is 5.97 Å². The third-order valence-corrected chi connectivity index (χ3v) is 4.04. The first kappa shape index (κ1) is 12.4. The molecule has 0 unspecified atom stereocenters. The van der Waals surface area contributed by atoms with Crippen LogP contribution >= 0.6 is 0 Å². The smallest absolute Gasteiger partial charge is 0.309 e. The number of carbonyl (C=O) groups is 1. The number of esters is 1. The highest BCUT2D eigenvalue weighted by atomic mass is 16.6. The van der Waals surface area contributed by atoms with Gasteiger partial charge in [0.2, 0.25) is 0 Å². The van der Waals surface area contributed by atoms with Crippen molar-refractivity contribution < 1.29 is 9.53 Å². The predicted octanol–water partition coefficient (Wildman–Crippen LogP) is 3.63. The molecule has 17 heavy (non-hydrogen) atoms. The van der Waals surface area contributed by atoms with Gasteiger partial charge in [-0.3, -0.25) is 4.79 Å². The predicted molar refractivity (Wildman–Crippen MR) is 68.5 cm³/mol. The van der Waals surface area contributed by atoms with Crippen LogP contribution in [0, 0.1) is 11.8 Å². The van der Waals surface area contributed by atoms with Crippen LogP contribution in [0.15, 0.2) is 23.3 Å². The van der Waals surface area contributed by atoms with Gasteiger partial charge < -0.3 is 4.74 Å². The molecule has 1 aliphatic heterocycles. The van der Waals surface area contributed by atoms with Gasteiger partial charge in [0.1, 0.15) is 6.10 Å². The van der Waals surface area contributed by atoms with Gasteiger partial charge in [0.15, 0.2) is 0 Å². The number of hydrogen-bond donors (Lipinski definition) is 0. The summed E-state index contributed by atoms with van der Waals surface area (Å²) in [4.78, 5) is 11.7. The Morgan fingerprint density at radius 2 is 2.00 bits per heavy atom. The van der Waals surface area contributed by atoms with Gasteiger partial charge in [-0.05, 0) is 45.6 Å². The molecular weight excluding hydrogens is 212 g/mol. The normalized spacial score (nSPS) is 40.6. The van der Waals surface area contributed by atoms with Crippen molar-refractivity contribution in [2.45, 2.75) is 52.6 Å². The second kappa shape index (κ2) is 5.07. The molecule has 3 atom stereocenters. The second-order valence-corrected chi connectivity index (χ2v) is 5.49. The molecular formula is C15H22O2. The fourth-order valence-corrected chi connectivity index (χ4v) is 2.77. The van der Waals surface area contributed by atoms with E-state index in [4.69, 9.17) is 4.74 Å². The molecule has 0 spiro atoms. The molecule has 1 fully saturated rings. The minimum Gasteiger partial charge on any atom is -0.458 e. The Bertz CT molecular complexity index is 365. The number of fused-ring (bicyclic) bond motifs is 1. The molecule has 94 valence electrons. The zero-order valence-electron chi connectivity index (χ0n) is 11.0. The van der Waals surface area contributed by atoms with Gasteiger partial charge in [-0.1, -0.05) is 24.1 Å². The van der Waals surface area contributed by atoms with Gasteiger partial charge in [0.05, 0.1) is 5.92 Å². The van der Waals surface area contributed by atoms with Crippen LogP contribution in [0.1, 0.15) is 46.5 Å².